The second kappa shape index (κ2) is 3.20. The number of hydrogen-bond donors (Lipinski definition) is 1. The fourth-order valence-electron chi connectivity index (χ4n) is 0.916. The van der Waals surface area contributed by atoms with E-state index in [1.165, 1.54) is 0 Å². The third-order valence-corrected chi connectivity index (χ3v) is 1.46. The third kappa shape index (κ3) is 1.47. The molecule has 1 aromatic rings. The lowest BCUT2D eigenvalue weighted by molar-refractivity contribution is 0.916. The molecule has 0 saturated carbocycles. The maximum absolute atomic E-state index is 5.67. The molecule has 0 saturated heterocycles. The molecule has 0 aromatic carbocycles. The fraction of sp³-hybridized carbons (Fsp3) is 0.375. The van der Waals surface area contributed by atoms with Gasteiger partial charge in [0, 0.05) is 18.1 Å². The predicted molar refractivity (Wildman–Crippen MR) is 42.6 cm³/mol. The Bertz CT molecular complexity index is 208. The Hall–Kier alpha value is -1.05. The van der Waals surface area contributed by atoms with Gasteiger partial charge < -0.3 is 5.73 Å². The van der Waals surface area contributed by atoms with Crippen LogP contribution in [0.25, 0.3) is 0 Å². The van der Waals surface area contributed by atoms with Gasteiger partial charge in [-0.3, -0.25) is 4.98 Å². The fourth-order valence-corrected chi connectivity index (χ4v) is 0.916. The van der Waals surface area contributed by atoms with Crippen LogP contribution in [0.4, 0.5) is 5.69 Å². The van der Waals surface area contributed by atoms with Crippen molar-refractivity contribution < 1.29 is 0 Å². The van der Waals surface area contributed by atoms with E-state index in [1.807, 2.05) is 12.3 Å². The van der Waals surface area contributed by atoms with Crippen LogP contribution >= 0.6 is 0 Å². The van der Waals surface area contributed by atoms with E-state index in [0.717, 1.165) is 24.1 Å². The van der Waals surface area contributed by atoms with Crippen LogP contribution < -0.4 is 5.73 Å². The minimum atomic E-state index is 0.858. The summed E-state index contributed by atoms with van der Waals surface area (Å²) in [6.45, 7) is 2.13. The Morgan fingerprint density at radius 1 is 1.60 bits per heavy atom. The van der Waals surface area contributed by atoms with Gasteiger partial charge in [-0.05, 0) is 18.1 Å². The summed E-state index contributed by atoms with van der Waals surface area (Å²) in [5.41, 5.74) is 7.68. The zero-order chi connectivity index (χ0) is 7.40. The lowest BCUT2D eigenvalue weighted by Crippen LogP contribution is -1.93. The number of aryl methyl sites for hydroxylation is 1. The molecule has 0 aliphatic rings. The molecule has 54 valence electrons. The van der Waals surface area contributed by atoms with Crippen molar-refractivity contribution in [1.29, 1.82) is 0 Å². The molecule has 2 N–H and O–H groups in total. The van der Waals surface area contributed by atoms with Crippen LogP contribution in [-0.2, 0) is 6.42 Å². The van der Waals surface area contributed by atoms with Gasteiger partial charge in [0.25, 0.3) is 0 Å². The largest absolute Gasteiger partial charge is 0.398 e. The van der Waals surface area contributed by atoms with Crippen LogP contribution in [0.15, 0.2) is 18.5 Å². The Balaban J connectivity index is 2.81. The number of anilines is 1. The number of nitrogen functional groups attached to an aromatic ring is 1. The number of rotatable bonds is 2. The Morgan fingerprint density at radius 3 is 3.00 bits per heavy atom. The normalized spacial score (nSPS) is 9.70. The second-order valence-electron chi connectivity index (χ2n) is 2.32. The summed E-state index contributed by atoms with van der Waals surface area (Å²) in [6.07, 6.45) is 5.70. The maximum atomic E-state index is 5.67. The highest BCUT2D eigenvalue weighted by molar-refractivity contribution is 5.44. The van der Waals surface area contributed by atoms with Crippen molar-refractivity contribution in [3.05, 3.63) is 24.0 Å². The molecule has 1 aromatic heterocycles. The molecule has 2 nitrogen and oxygen atoms in total. The van der Waals surface area contributed by atoms with Crippen LogP contribution in [-0.4, -0.2) is 4.98 Å². The Labute approximate surface area is 61.1 Å². The van der Waals surface area contributed by atoms with Crippen molar-refractivity contribution in [1.82, 2.24) is 4.98 Å². The molecule has 0 amide bonds. The quantitative estimate of drug-likeness (QED) is 0.671. The summed E-state index contributed by atoms with van der Waals surface area (Å²) in [7, 11) is 0. The van der Waals surface area contributed by atoms with Gasteiger partial charge in [0.1, 0.15) is 0 Å². The summed E-state index contributed by atoms with van der Waals surface area (Å²) in [5, 5.41) is 0. The second-order valence-corrected chi connectivity index (χ2v) is 2.32. The van der Waals surface area contributed by atoms with Crippen LogP contribution in [0, 0.1) is 0 Å². The molecular weight excluding hydrogens is 124 g/mol. The van der Waals surface area contributed by atoms with E-state index in [2.05, 4.69) is 11.9 Å². The van der Waals surface area contributed by atoms with E-state index >= 15 is 0 Å². The molecule has 0 atom stereocenters. The first kappa shape index (κ1) is 7.06. The number of hydrogen-bond acceptors (Lipinski definition) is 2. The number of pyridine rings is 1. The van der Waals surface area contributed by atoms with Gasteiger partial charge in [-0.1, -0.05) is 13.3 Å². The molecule has 0 spiro atoms. The summed E-state index contributed by atoms with van der Waals surface area (Å²) in [6, 6.07) is 1.84. The van der Waals surface area contributed by atoms with Crippen LogP contribution in [0.1, 0.15) is 18.9 Å². The van der Waals surface area contributed by atoms with Crippen molar-refractivity contribution in [2.24, 2.45) is 0 Å². The molecule has 0 unspecified atom stereocenters. The van der Waals surface area contributed by atoms with Gasteiger partial charge in [0.15, 0.2) is 0 Å². The van der Waals surface area contributed by atoms with Gasteiger partial charge in [0.2, 0.25) is 0 Å². The molecule has 0 bridgehead atoms. The average Bonchev–Trinajstić information content (AvgIpc) is 1.94. The summed E-state index contributed by atoms with van der Waals surface area (Å²) in [4.78, 5) is 3.98. The average molecular weight is 136 g/mol. The molecule has 1 rings (SSSR count). The maximum Gasteiger partial charge on any atom is 0.0377 e. The topological polar surface area (TPSA) is 38.9 Å². The molecule has 2 heteroatoms. The molecule has 10 heavy (non-hydrogen) atoms. The van der Waals surface area contributed by atoms with Crippen molar-refractivity contribution in [2.75, 3.05) is 5.73 Å². The minimum Gasteiger partial charge on any atom is -0.398 e. The van der Waals surface area contributed by atoms with Crippen molar-refractivity contribution in [3.63, 3.8) is 0 Å². The van der Waals surface area contributed by atoms with E-state index in [4.69, 9.17) is 5.73 Å². The highest BCUT2D eigenvalue weighted by Crippen LogP contribution is 2.09. The van der Waals surface area contributed by atoms with Gasteiger partial charge >= 0.3 is 0 Å². The van der Waals surface area contributed by atoms with Gasteiger partial charge in [-0.25, -0.2) is 0 Å². The highest BCUT2D eigenvalue weighted by atomic mass is 14.7. The molecule has 1 heterocycles. The highest BCUT2D eigenvalue weighted by Gasteiger charge is 1.94. The molecule has 0 fully saturated rings. The number of aromatic nitrogens is 1. The molecule has 0 radical (unpaired) electrons. The van der Waals surface area contributed by atoms with E-state index in [1.54, 1.807) is 6.20 Å². The number of nitrogens with two attached hydrogens (primary N) is 1. The van der Waals surface area contributed by atoms with Gasteiger partial charge in [-0.2, -0.15) is 0 Å². The molecular formula is C8H12N2. The van der Waals surface area contributed by atoms with E-state index < -0.39 is 0 Å². The van der Waals surface area contributed by atoms with Crippen molar-refractivity contribution in [2.45, 2.75) is 19.8 Å². The summed E-state index contributed by atoms with van der Waals surface area (Å²) < 4.78 is 0. The SMILES string of the molecule is CCCc1cnccc1N. The smallest absolute Gasteiger partial charge is 0.0377 e. The Morgan fingerprint density at radius 2 is 2.40 bits per heavy atom. The first-order valence-corrected chi connectivity index (χ1v) is 3.53. The van der Waals surface area contributed by atoms with E-state index in [9.17, 15) is 0 Å². The minimum absolute atomic E-state index is 0.858. The standard InChI is InChI=1S/C8H12N2/c1-2-3-7-6-10-5-4-8(7)9/h4-6H,2-3H2,1H3,(H2,9,10). The predicted octanol–water partition coefficient (Wildman–Crippen LogP) is 1.62. The summed E-state index contributed by atoms with van der Waals surface area (Å²) >= 11 is 0. The van der Waals surface area contributed by atoms with Crippen LogP contribution in [0.5, 0.6) is 0 Å². The van der Waals surface area contributed by atoms with Crippen LogP contribution in [0.3, 0.4) is 0 Å². The van der Waals surface area contributed by atoms with Crippen LogP contribution in [0.2, 0.25) is 0 Å². The Kier molecular flexibility index (Phi) is 2.26. The monoisotopic (exact) mass is 136 g/mol. The lowest BCUT2D eigenvalue weighted by atomic mass is 10.1. The molecule has 0 aliphatic carbocycles. The van der Waals surface area contributed by atoms with E-state index in [-0.39, 0.29) is 0 Å². The zero-order valence-corrected chi connectivity index (χ0v) is 6.17. The first-order chi connectivity index (χ1) is 4.84. The first-order valence-electron chi connectivity index (χ1n) is 3.53. The van der Waals surface area contributed by atoms with Gasteiger partial charge in [0.05, 0.1) is 0 Å². The van der Waals surface area contributed by atoms with Crippen molar-refractivity contribution in [3.8, 4) is 0 Å². The molecule has 0 aliphatic heterocycles. The zero-order valence-electron chi connectivity index (χ0n) is 6.17. The lowest BCUT2D eigenvalue weighted by Gasteiger charge is -2.00. The van der Waals surface area contributed by atoms with Gasteiger partial charge in [-0.15, -0.1) is 0 Å². The number of nitrogens with zero attached hydrogens (tertiary/aromatic N) is 1. The van der Waals surface area contributed by atoms with E-state index in [0.29, 0.717) is 0 Å². The summed E-state index contributed by atoms with van der Waals surface area (Å²) in [5.74, 6) is 0. The van der Waals surface area contributed by atoms with Crippen molar-refractivity contribution >= 4 is 5.69 Å². The third-order valence-electron chi connectivity index (χ3n) is 1.46.